The molecule has 0 atom stereocenters. The molecule has 1 heterocycles. The van der Waals surface area contributed by atoms with Gasteiger partial charge in [0.2, 0.25) is 0 Å². The molecule has 0 bridgehead atoms. The highest BCUT2D eigenvalue weighted by atomic mass is 16.3. The van der Waals surface area contributed by atoms with Gasteiger partial charge in [0.15, 0.2) is 0 Å². The summed E-state index contributed by atoms with van der Waals surface area (Å²) in [5.41, 5.74) is 3.91. The van der Waals surface area contributed by atoms with Crippen LogP contribution in [0.1, 0.15) is 15.9 Å². The van der Waals surface area contributed by atoms with Crippen LogP contribution in [0.3, 0.4) is 0 Å². The van der Waals surface area contributed by atoms with Gasteiger partial charge in [-0.1, -0.05) is 36.4 Å². The van der Waals surface area contributed by atoms with E-state index in [0.717, 1.165) is 10.8 Å². The third kappa shape index (κ3) is 3.77. The molecule has 0 saturated heterocycles. The SMILES string of the molecule is O=C(N/N=C/c1c(O)ccc2ccccc12)c1ccc(-n2ccccc2=O)cc1. The second kappa shape index (κ2) is 7.82. The quantitative estimate of drug-likeness (QED) is 0.418. The van der Waals surface area contributed by atoms with Crippen molar-refractivity contribution in [3.8, 4) is 11.4 Å². The molecule has 0 aliphatic carbocycles. The minimum absolute atomic E-state index is 0.0827. The molecule has 1 amide bonds. The fourth-order valence-electron chi connectivity index (χ4n) is 3.05. The number of pyridine rings is 1. The largest absolute Gasteiger partial charge is 0.507 e. The molecule has 0 fully saturated rings. The molecule has 4 aromatic rings. The van der Waals surface area contributed by atoms with Gasteiger partial charge in [-0.2, -0.15) is 5.10 Å². The van der Waals surface area contributed by atoms with Gasteiger partial charge in [0.1, 0.15) is 5.75 Å². The Labute approximate surface area is 166 Å². The van der Waals surface area contributed by atoms with Gasteiger partial charge in [-0.05, 0) is 47.2 Å². The lowest BCUT2D eigenvalue weighted by molar-refractivity contribution is 0.0955. The highest BCUT2D eigenvalue weighted by Crippen LogP contribution is 2.25. The lowest BCUT2D eigenvalue weighted by Gasteiger charge is -2.06. The van der Waals surface area contributed by atoms with E-state index in [1.807, 2.05) is 30.3 Å². The third-order valence-electron chi connectivity index (χ3n) is 4.54. The van der Waals surface area contributed by atoms with E-state index in [1.165, 1.54) is 16.8 Å². The van der Waals surface area contributed by atoms with E-state index in [9.17, 15) is 14.7 Å². The van der Waals surface area contributed by atoms with E-state index in [4.69, 9.17) is 0 Å². The lowest BCUT2D eigenvalue weighted by Crippen LogP contribution is -2.18. The monoisotopic (exact) mass is 383 g/mol. The van der Waals surface area contributed by atoms with Crippen LogP contribution in [0, 0.1) is 0 Å². The number of nitrogens with zero attached hydrogens (tertiary/aromatic N) is 2. The van der Waals surface area contributed by atoms with Crippen molar-refractivity contribution in [2.24, 2.45) is 5.10 Å². The number of rotatable bonds is 4. The molecule has 0 unspecified atom stereocenters. The number of phenols is 1. The maximum absolute atomic E-state index is 12.3. The fourth-order valence-corrected chi connectivity index (χ4v) is 3.05. The molecule has 1 aromatic heterocycles. The van der Waals surface area contributed by atoms with Crippen molar-refractivity contribution in [2.45, 2.75) is 0 Å². The van der Waals surface area contributed by atoms with Crippen molar-refractivity contribution in [2.75, 3.05) is 0 Å². The summed E-state index contributed by atoms with van der Waals surface area (Å²) in [5, 5.41) is 15.9. The van der Waals surface area contributed by atoms with Crippen molar-refractivity contribution in [1.29, 1.82) is 0 Å². The van der Waals surface area contributed by atoms with Crippen LogP contribution in [0.15, 0.2) is 95.0 Å². The number of fused-ring (bicyclic) bond motifs is 1. The summed E-state index contributed by atoms with van der Waals surface area (Å²) in [6, 6.07) is 22.5. The van der Waals surface area contributed by atoms with Gasteiger partial charge in [-0.3, -0.25) is 14.2 Å². The lowest BCUT2D eigenvalue weighted by atomic mass is 10.0. The molecule has 0 radical (unpaired) electrons. The summed E-state index contributed by atoms with van der Waals surface area (Å²) in [6.07, 6.45) is 3.09. The number of hydrogen-bond donors (Lipinski definition) is 2. The first-order chi connectivity index (χ1) is 14.1. The minimum Gasteiger partial charge on any atom is -0.507 e. The smallest absolute Gasteiger partial charge is 0.271 e. The molecular formula is C23H17N3O3. The molecular weight excluding hydrogens is 366 g/mol. The van der Waals surface area contributed by atoms with Gasteiger partial charge >= 0.3 is 0 Å². The van der Waals surface area contributed by atoms with Crippen LogP contribution >= 0.6 is 0 Å². The van der Waals surface area contributed by atoms with E-state index in [0.29, 0.717) is 16.8 Å². The molecule has 29 heavy (non-hydrogen) atoms. The number of amides is 1. The topological polar surface area (TPSA) is 83.7 Å². The van der Waals surface area contributed by atoms with Crippen molar-refractivity contribution >= 4 is 22.9 Å². The number of phenolic OH excluding ortho intramolecular Hbond substituents is 1. The van der Waals surface area contributed by atoms with E-state index in [-0.39, 0.29) is 11.3 Å². The van der Waals surface area contributed by atoms with E-state index in [1.54, 1.807) is 48.7 Å². The number of aromatic nitrogens is 1. The number of carbonyl (C=O) groups is 1. The van der Waals surface area contributed by atoms with Crippen LogP contribution in [0.25, 0.3) is 16.5 Å². The van der Waals surface area contributed by atoms with Crippen molar-refractivity contribution < 1.29 is 9.90 Å². The number of benzene rings is 3. The Kier molecular flexibility index (Phi) is 4.90. The number of carbonyl (C=O) groups excluding carboxylic acids is 1. The molecule has 0 saturated carbocycles. The average Bonchev–Trinajstić information content (AvgIpc) is 2.75. The zero-order valence-electron chi connectivity index (χ0n) is 15.3. The number of hydrazone groups is 1. The fraction of sp³-hybridized carbons (Fsp3) is 0. The first kappa shape index (κ1) is 18.2. The normalized spacial score (nSPS) is 11.0. The Morgan fingerprint density at radius 1 is 0.931 bits per heavy atom. The Balaban J connectivity index is 1.51. The Bertz CT molecular complexity index is 1270. The van der Waals surface area contributed by atoms with E-state index in [2.05, 4.69) is 10.5 Å². The van der Waals surface area contributed by atoms with Gasteiger partial charge in [0.05, 0.1) is 6.21 Å². The summed E-state index contributed by atoms with van der Waals surface area (Å²) in [4.78, 5) is 24.2. The van der Waals surface area contributed by atoms with Crippen LogP contribution < -0.4 is 11.0 Å². The van der Waals surface area contributed by atoms with Crippen molar-refractivity contribution in [3.63, 3.8) is 0 Å². The molecule has 2 N–H and O–H groups in total. The molecule has 3 aromatic carbocycles. The molecule has 6 nitrogen and oxygen atoms in total. The van der Waals surface area contributed by atoms with Gasteiger partial charge in [0.25, 0.3) is 11.5 Å². The number of aromatic hydroxyl groups is 1. The molecule has 4 rings (SSSR count). The molecule has 0 aliphatic heterocycles. The van der Waals surface area contributed by atoms with Crippen LogP contribution in [-0.4, -0.2) is 21.8 Å². The predicted molar refractivity (Wildman–Crippen MR) is 113 cm³/mol. The zero-order valence-corrected chi connectivity index (χ0v) is 15.3. The van der Waals surface area contributed by atoms with Gasteiger partial charge < -0.3 is 5.11 Å². The molecule has 0 aliphatic rings. The van der Waals surface area contributed by atoms with E-state index >= 15 is 0 Å². The minimum atomic E-state index is -0.395. The number of nitrogens with one attached hydrogen (secondary N) is 1. The Morgan fingerprint density at radius 2 is 1.69 bits per heavy atom. The standard InChI is InChI=1S/C23H17N3O3/c27-21-13-10-16-5-1-2-6-19(16)20(21)15-24-25-23(29)17-8-11-18(12-9-17)26-14-4-3-7-22(26)28/h1-15,27H,(H,25,29)/b24-15+. The summed E-state index contributed by atoms with van der Waals surface area (Å²) in [5.74, 6) is -0.313. The van der Waals surface area contributed by atoms with Crippen LogP contribution in [0.2, 0.25) is 0 Å². The summed E-state index contributed by atoms with van der Waals surface area (Å²) < 4.78 is 1.49. The summed E-state index contributed by atoms with van der Waals surface area (Å²) in [7, 11) is 0. The summed E-state index contributed by atoms with van der Waals surface area (Å²) in [6.45, 7) is 0. The van der Waals surface area contributed by atoms with Gasteiger partial charge in [-0.25, -0.2) is 5.43 Å². The Morgan fingerprint density at radius 3 is 2.48 bits per heavy atom. The maximum Gasteiger partial charge on any atom is 0.271 e. The third-order valence-corrected chi connectivity index (χ3v) is 4.54. The highest BCUT2D eigenvalue weighted by molar-refractivity contribution is 6.03. The van der Waals surface area contributed by atoms with Crippen LogP contribution in [0.4, 0.5) is 0 Å². The average molecular weight is 383 g/mol. The van der Waals surface area contributed by atoms with E-state index < -0.39 is 5.91 Å². The first-order valence-electron chi connectivity index (χ1n) is 8.96. The summed E-state index contributed by atoms with van der Waals surface area (Å²) >= 11 is 0. The predicted octanol–water partition coefficient (Wildman–Crippen LogP) is 3.46. The molecule has 0 spiro atoms. The zero-order chi connectivity index (χ0) is 20.2. The maximum atomic E-state index is 12.3. The van der Waals surface area contributed by atoms with Crippen LogP contribution in [-0.2, 0) is 0 Å². The van der Waals surface area contributed by atoms with Crippen molar-refractivity contribution in [3.05, 3.63) is 107 Å². The van der Waals surface area contributed by atoms with Crippen LogP contribution in [0.5, 0.6) is 5.75 Å². The second-order valence-electron chi connectivity index (χ2n) is 6.37. The van der Waals surface area contributed by atoms with Gasteiger partial charge in [-0.15, -0.1) is 0 Å². The van der Waals surface area contributed by atoms with Gasteiger partial charge in [0, 0.05) is 29.1 Å². The molecule has 6 heteroatoms. The Hall–Kier alpha value is -4.19. The van der Waals surface area contributed by atoms with Crippen molar-refractivity contribution in [1.82, 2.24) is 9.99 Å². The second-order valence-corrected chi connectivity index (χ2v) is 6.37. The number of hydrogen-bond acceptors (Lipinski definition) is 4. The first-order valence-corrected chi connectivity index (χ1v) is 8.96. The highest BCUT2D eigenvalue weighted by Gasteiger charge is 2.07. The molecule has 142 valence electrons.